The standard InChI is InChI=1S/C24H38N2O4S/c1-4-5-15-29-24(27)8-6-7-16-30-25-23(21-9-11-22(31-3)12-10-21)19-20(2)26-13-17-28-18-14-26/h9-12,19-20,25H,4-8,13-18H2,1-3H3. The van der Waals surface area contributed by atoms with Crippen molar-refractivity contribution in [1.82, 2.24) is 10.4 Å². The Bertz CT molecular complexity index is 660. The summed E-state index contributed by atoms with van der Waals surface area (Å²) >= 11 is 1.73. The minimum Gasteiger partial charge on any atom is -0.466 e. The number of esters is 1. The predicted molar refractivity (Wildman–Crippen MR) is 127 cm³/mol. The van der Waals surface area contributed by atoms with Crippen molar-refractivity contribution >= 4 is 23.4 Å². The highest BCUT2D eigenvalue weighted by Gasteiger charge is 2.16. The molecule has 0 bridgehead atoms. The van der Waals surface area contributed by atoms with E-state index in [-0.39, 0.29) is 12.0 Å². The van der Waals surface area contributed by atoms with Gasteiger partial charge in [-0.3, -0.25) is 20.0 Å². The average molecular weight is 451 g/mol. The number of nitrogens with one attached hydrogen (secondary N) is 1. The van der Waals surface area contributed by atoms with Gasteiger partial charge in [0.05, 0.1) is 32.1 Å². The van der Waals surface area contributed by atoms with Crippen molar-refractivity contribution in [2.75, 3.05) is 45.8 Å². The third kappa shape index (κ3) is 10.1. The van der Waals surface area contributed by atoms with Crippen molar-refractivity contribution in [1.29, 1.82) is 0 Å². The third-order valence-corrected chi connectivity index (χ3v) is 5.99. The summed E-state index contributed by atoms with van der Waals surface area (Å²) in [6.45, 7) is 8.78. The fourth-order valence-corrected chi connectivity index (χ4v) is 3.67. The van der Waals surface area contributed by atoms with Gasteiger partial charge in [0, 0.05) is 30.4 Å². The van der Waals surface area contributed by atoms with Gasteiger partial charge in [0.2, 0.25) is 0 Å². The molecule has 1 N–H and O–H groups in total. The molecule has 7 heteroatoms. The lowest BCUT2D eigenvalue weighted by atomic mass is 10.1. The first-order valence-electron chi connectivity index (χ1n) is 11.4. The topological polar surface area (TPSA) is 60.0 Å². The van der Waals surface area contributed by atoms with Crippen molar-refractivity contribution in [3.63, 3.8) is 0 Å². The molecule has 1 aromatic carbocycles. The number of ether oxygens (including phenoxy) is 2. The van der Waals surface area contributed by atoms with E-state index in [1.54, 1.807) is 11.8 Å². The molecule has 174 valence electrons. The minimum absolute atomic E-state index is 0.116. The van der Waals surface area contributed by atoms with Crippen LogP contribution in [0.5, 0.6) is 0 Å². The number of carbonyl (C=O) groups is 1. The second kappa shape index (κ2) is 15.3. The molecule has 1 fully saturated rings. The van der Waals surface area contributed by atoms with E-state index >= 15 is 0 Å². The summed E-state index contributed by atoms with van der Waals surface area (Å²) in [6.07, 6.45) is 8.26. The number of rotatable bonds is 14. The van der Waals surface area contributed by atoms with Gasteiger partial charge in [-0.2, -0.15) is 0 Å². The number of unbranched alkanes of at least 4 members (excludes halogenated alkanes) is 2. The van der Waals surface area contributed by atoms with Gasteiger partial charge in [0.25, 0.3) is 0 Å². The predicted octanol–water partition coefficient (Wildman–Crippen LogP) is 4.50. The maximum atomic E-state index is 11.7. The van der Waals surface area contributed by atoms with Crippen LogP contribution in [0.2, 0.25) is 0 Å². The van der Waals surface area contributed by atoms with E-state index in [1.807, 2.05) is 0 Å². The van der Waals surface area contributed by atoms with Crippen LogP contribution in [0.3, 0.4) is 0 Å². The molecule has 1 aromatic rings. The largest absolute Gasteiger partial charge is 0.466 e. The lowest BCUT2D eigenvalue weighted by molar-refractivity contribution is -0.143. The SMILES string of the molecule is CCCCOC(=O)CCCCONC(=CC(C)N1CCOCC1)c1ccc(SC)cc1. The summed E-state index contributed by atoms with van der Waals surface area (Å²) in [5.41, 5.74) is 5.21. The summed E-state index contributed by atoms with van der Waals surface area (Å²) < 4.78 is 10.7. The molecule has 0 amide bonds. The first-order chi connectivity index (χ1) is 15.1. The molecule has 2 rings (SSSR count). The van der Waals surface area contributed by atoms with Gasteiger partial charge in [0.1, 0.15) is 0 Å². The summed E-state index contributed by atoms with van der Waals surface area (Å²) in [4.78, 5) is 21.1. The molecule has 6 nitrogen and oxygen atoms in total. The van der Waals surface area contributed by atoms with Crippen LogP contribution in [-0.2, 0) is 19.1 Å². The molecular weight excluding hydrogens is 412 g/mol. The monoisotopic (exact) mass is 450 g/mol. The average Bonchev–Trinajstić information content (AvgIpc) is 2.81. The number of morpholine rings is 1. The Labute approximate surface area is 191 Å². The molecule has 0 spiro atoms. The van der Waals surface area contributed by atoms with Crippen molar-refractivity contribution in [3.05, 3.63) is 35.9 Å². The van der Waals surface area contributed by atoms with Gasteiger partial charge in [-0.05, 0) is 56.2 Å². The van der Waals surface area contributed by atoms with Crippen LogP contribution in [-0.4, -0.2) is 62.7 Å². The lowest BCUT2D eigenvalue weighted by Crippen LogP contribution is -2.41. The van der Waals surface area contributed by atoms with E-state index in [0.717, 1.165) is 63.2 Å². The smallest absolute Gasteiger partial charge is 0.305 e. The second-order valence-corrected chi connectivity index (χ2v) is 8.56. The van der Waals surface area contributed by atoms with Gasteiger partial charge < -0.3 is 9.47 Å². The number of benzene rings is 1. The Kier molecular flexibility index (Phi) is 12.7. The molecular formula is C24H38N2O4S. The molecule has 1 aliphatic heterocycles. The number of hydrogen-bond donors (Lipinski definition) is 1. The van der Waals surface area contributed by atoms with Gasteiger partial charge in [0.15, 0.2) is 0 Å². The fourth-order valence-electron chi connectivity index (χ4n) is 3.27. The maximum absolute atomic E-state index is 11.7. The minimum atomic E-state index is -0.116. The maximum Gasteiger partial charge on any atom is 0.305 e. The fraction of sp³-hybridized carbons (Fsp3) is 0.625. The van der Waals surface area contributed by atoms with Crippen LogP contribution < -0.4 is 5.48 Å². The summed E-state index contributed by atoms with van der Waals surface area (Å²) in [6, 6.07) is 8.75. The molecule has 1 aliphatic rings. The van der Waals surface area contributed by atoms with E-state index in [9.17, 15) is 4.79 Å². The van der Waals surface area contributed by atoms with Gasteiger partial charge in [-0.25, -0.2) is 0 Å². The van der Waals surface area contributed by atoms with E-state index in [4.69, 9.17) is 14.3 Å². The molecule has 0 aromatic heterocycles. The normalized spacial score (nSPS) is 16.2. The molecule has 0 aliphatic carbocycles. The first kappa shape index (κ1) is 25.7. The summed E-state index contributed by atoms with van der Waals surface area (Å²) in [5, 5.41) is 0. The highest BCUT2D eigenvalue weighted by atomic mass is 32.2. The lowest BCUT2D eigenvalue weighted by Gasteiger charge is -2.31. The Morgan fingerprint density at radius 3 is 2.61 bits per heavy atom. The van der Waals surface area contributed by atoms with E-state index in [0.29, 0.717) is 19.6 Å². The van der Waals surface area contributed by atoms with Gasteiger partial charge in [-0.15, -0.1) is 11.8 Å². The Hall–Kier alpha value is -1.54. The highest BCUT2D eigenvalue weighted by Crippen LogP contribution is 2.20. The van der Waals surface area contributed by atoms with Crippen LogP contribution in [0, 0.1) is 0 Å². The molecule has 1 saturated heterocycles. The first-order valence-corrected chi connectivity index (χ1v) is 12.6. The quantitative estimate of drug-likeness (QED) is 0.194. The van der Waals surface area contributed by atoms with Gasteiger partial charge in [-0.1, -0.05) is 25.5 Å². The molecule has 31 heavy (non-hydrogen) atoms. The Morgan fingerprint density at radius 1 is 1.19 bits per heavy atom. The Morgan fingerprint density at radius 2 is 1.94 bits per heavy atom. The van der Waals surface area contributed by atoms with Gasteiger partial charge >= 0.3 is 5.97 Å². The second-order valence-electron chi connectivity index (χ2n) is 7.68. The molecule has 1 heterocycles. The number of hydroxylamine groups is 1. The Balaban J connectivity index is 1.84. The van der Waals surface area contributed by atoms with Crippen molar-refractivity contribution in [3.8, 4) is 0 Å². The van der Waals surface area contributed by atoms with Crippen LogP contribution in [0.4, 0.5) is 0 Å². The molecule has 1 atom stereocenters. The zero-order chi connectivity index (χ0) is 22.3. The number of carbonyl (C=O) groups excluding carboxylic acids is 1. The molecule has 1 unspecified atom stereocenters. The van der Waals surface area contributed by atoms with Crippen LogP contribution in [0.15, 0.2) is 35.2 Å². The third-order valence-electron chi connectivity index (χ3n) is 5.25. The number of thioether (sulfide) groups is 1. The highest BCUT2D eigenvalue weighted by molar-refractivity contribution is 7.98. The zero-order valence-corrected chi connectivity index (χ0v) is 20.0. The van der Waals surface area contributed by atoms with Crippen LogP contribution in [0.1, 0.15) is 51.5 Å². The number of hydrogen-bond acceptors (Lipinski definition) is 7. The van der Waals surface area contributed by atoms with E-state index in [1.165, 1.54) is 4.90 Å². The van der Waals surface area contributed by atoms with Crippen LogP contribution in [0.25, 0.3) is 5.70 Å². The molecule has 0 radical (unpaired) electrons. The zero-order valence-electron chi connectivity index (χ0n) is 19.2. The van der Waals surface area contributed by atoms with Crippen molar-refractivity contribution < 1.29 is 19.1 Å². The van der Waals surface area contributed by atoms with E-state index in [2.05, 4.69) is 60.8 Å². The summed E-state index contributed by atoms with van der Waals surface area (Å²) in [5.74, 6) is -0.116. The molecule has 0 saturated carbocycles. The van der Waals surface area contributed by atoms with Crippen molar-refractivity contribution in [2.24, 2.45) is 0 Å². The van der Waals surface area contributed by atoms with Crippen LogP contribution >= 0.6 is 11.8 Å². The van der Waals surface area contributed by atoms with E-state index < -0.39 is 0 Å². The van der Waals surface area contributed by atoms with Crippen molar-refractivity contribution in [2.45, 2.75) is 56.9 Å². The summed E-state index contributed by atoms with van der Waals surface area (Å²) in [7, 11) is 0. The number of nitrogens with zero attached hydrogens (tertiary/aromatic N) is 1.